The number of rotatable bonds is 0. The summed E-state index contributed by atoms with van der Waals surface area (Å²) in [4.78, 5) is 0. The predicted octanol–water partition coefficient (Wildman–Crippen LogP) is 1.58. The zero-order valence-corrected chi connectivity index (χ0v) is 7.99. The number of hydrogen-bond acceptors (Lipinski definition) is 3. The number of pyridine rings is 1. The molecule has 0 N–H and O–H groups in total. The lowest BCUT2D eigenvalue weighted by molar-refractivity contribution is 1.01. The third-order valence-electron chi connectivity index (χ3n) is 1.48. The Hall–Kier alpha value is -1.03. The van der Waals surface area contributed by atoms with E-state index in [1.807, 2.05) is 35.7 Å². The molecule has 0 saturated heterocycles. The highest BCUT2D eigenvalue weighted by Crippen LogP contribution is 1.99. The highest BCUT2D eigenvalue weighted by molar-refractivity contribution is 7.79. The molecule has 12 heavy (non-hydrogen) atoms. The summed E-state index contributed by atoms with van der Waals surface area (Å²) in [7, 11) is 0. The number of fused-ring (bicyclic) bond motifs is 1. The molecule has 0 spiro atoms. The first-order valence-electron chi connectivity index (χ1n) is 3.59. The van der Waals surface area contributed by atoms with Crippen LogP contribution in [-0.4, -0.2) is 20.9 Å². The van der Waals surface area contributed by atoms with Crippen molar-refractivity contribution in [2.24, 2.45) is 0 Å². The molecule has 0 aromatic carbocycles. The van der Waals surface area contributed by atoms with Gasteiger partial charge in [0.15, 0.2) is 5.65 Å². The van der Waals surface area contributed by atoms with Crippen molar-refractivity contribution in [3.63, 3.8) is 0 Å². The molecule has 0 saturated carbocycles. The first-order chi connectivity index (χ1) is 5.88. The highest BCUT2D eigenvalue weighted by Gasteiger charge is 1.95. The van der Waals surface area contributed by atoms with Gasteiger partial charge in [-0.3, -0.25) is 4.40 Å². The summed E-state index contributed by atoms with van der Waals surface area (Å²) in [6, 6.07) is 5.84. The Morgan fingerprint density at radius 2 is 2.00 bits per heavy atom. The Balaban J connectivity index is 0.000000336. The maximum atomic E-state index is 3.93. The van der Waals surface area contributed by atoms with Crippen LogP contribution in [-0.2, 0) is 0 Å². The molecule has 2 rings (SSSR count). The van der Waals surface area contributed by atoms with Crippen LogP contribution in [0.25, 0.3) is 5.65 Å². The molecule has 0 unspecified atom stereocenters. The summed E-state index contributed by atoms with van der Waals surface area (Å²) in [5.41, 5.74) is 0.903. The third-order valence-corrected chi connectivity index (χ3v) is 1.48. The lowest BCUT2D eigenvalue weighted by Crippen LogP contribution is -1.84. The molecule has 64 valence electrons. The molecule has 0 amide bonds. The zero-order chi connectivity index (χ0) is 8.97. The minimum atomic E-state index is 0.903. The molecule has 0 aliphatic carbocycles. The fourth-order valence-electron chi connectivity index (χ4n) is 0.961. The molecule has 0 radical (unpaired) electrons. The Bertz CT molecular complexity index is 356. The summed E-state index contributed by atoms with van der Waals surface area (Å²) < 4.78 is 1.94. The molecular weight excluding hydrogens is 170 g/mol. The van der Waals surface area contributed by atoms with Gasteiger partial charge in [-0.15, -0.1) is 10.2 Å². The number of hydrogen-bond donors (Lipinski definition) is 1. The summed E-state index contributed by atoms with van der Waals surface area (Å²) in [6.45, 7) is 1.93. The molecule has 2 aromatic heterocycles. The summed E-state index contributed by atoms with van der Waals surface area (Å²) >= 11 is 3.53. The van der Waals surface area contributed by atoms with E-state index < -0.39 is 0 Å². The molecule has 2 heterocycles. The van der Waals surface area contributed by atoms with Crippen molar-refractivity contribution in [1.29, 1.82) is 0 Å². The number of nitrogens with zero attached hydrogens (tertiary/aromatic N) is 3. The van der Waals surface area contributed by atoms with Gasteiger partial charge in [0, 0.05) is 6.20 Å². The molecule has 3 nitrogen and oxygen atoms in total. The maximum Gasteiger partial charge on any atom is 0.160 e. The first-order valence-corrected chi connectivity index (χ1v) is 4.48. The molecule has 0 fully saturated rings. The quantitative estimate of drug-likeness (QED) is 0.625. The van der Waals surface area contributed by atoms with Crippen molar-refractivity contribution in [3.8, 4) is 0 Å². The molecule has 4 heteroatoms. The van der Waals surface area contributed by atoms with E-state index in [2.05, 4.69) is 22.8 Å². The second-order valence-corrected chi connectivity index (χ2v) is 2.18. The summed E-state index contributed by atoms with van der Waals surface area (Å²) in [5, 5.41) is 7.84. The smallest absolute Gasteiger partial charge is 0.160 e. The van der Waals surface area contributed by atoms with Gasteiger partial charge in [-0.05, 0) is 25.3 Å². The maximum absolute atomic E-state index is 3.93. The fraction of sp³-hybridized carbons (Fsp3) is 0.250. The van der Waals surface area contributed by atoms with E-state index in [1.54, 1.807) is 6.26 Å². The van der Waals surface area contributed by atoms with Gasteiger partial charge >= 0.3 is 0 Å². The normalized spacial score (nSPS) is 9.25. The van der Waals surface area contributed by atoms with Gasteiger partial charge in [-0.1, -0.05) is 6.07 Å². The topological polar surface area (TPSA) is 30.2 Å². The van der Waals surface area contributed by atoms with E-state index >= 15 is 0 Å². The highest BCUT2D eigenvalue weighted by atomic mass is 32.1. The SMILES string of the molecule is CS.Cc1nnc2ccccn12. The van der Waals surface area contributed by atoms with E-state index in [0.717, 1.165) is 11.5 Å². The largest absolute Gasteiger partial charge is 0.287 e. The first kappa shape index (κ1) is 9.06. The van der Waals surface area contributed by atoms with Crippen LogP contribution in [0.2, 0.25) is 0 Å². The molecule has 0 aliphatic rings. The van der Waals surface area contributed by atoms with E-state index in [9.17, 15) is 0 Å². The van der Waals surface area contributed by atoms with Crippen LogP contribution in [0.15, 0.2) is 24.4 Å². The molecule has 0 aliphatic heterocycles. The average molecular weight is 181 g/mol. The van der Waals surface area contributed by atoms with Gasteiger partial charge in [0.25, 0.3) is 0 Å². The Kier molecular flexibility index (Phi) is 3.10. The number of aromatic nitrogens is 3. The van der Waals surface area contributed by atoms with Crippen LogP contribution < -0.4 is 0 Å². The number of aryl methyl sites for hydroxylation is 1. The molecule has 0 bridgehead atoms. The van der Waals surface area contributed by atoms with Crippen molar-refractivity contribution < 1.29 is 0 Å². The van der Waals surface area contributed by atoms with Crippen LogP contribution in [0.1, 0.15) is 5.82 Å². The molecule has 2 aromatic rings. The van der Waals surface area contributed by atoms with Crippen LogP contribution in [0.3, 0.4) is 0 Å². The summed E-state index contributed by atoms with van der Waals surface area (Å²) in [6.07, 6.45) is 3.64. The third kappa shape index (κ3) is 1.58. The monoisotopic (exact) mass is 181 g/mol. The average Bonchev–Trinajstić information content (AvgIpc) is 2.53. The van der Waals surface area contributed by atoms with Gasteiger partial charge in [-0.25, -0.2) is 0 Å². The Labute approximate surface area is 76.8 Å². The van der Waals surface area contributed by atoms with Gasteiger partial charge in [0.2, 0.25) is 0 Å². The van der Waals surface area contributed by atoms with E-state index in [0.29, 0.717) is 0 Å². The lowest BCUT2D eigenvalue weighted by Gasteiger charge is -1.89. The molecule has 0 atom stereocenters. The van der Waals surface area contributed by atoms with Crippen molar-refractivity contribution in [2.45, 2.75) is 6.92 Å². The van der Waals surface area contributed by atoms with Gasteiger partial charge in [0.1, 0.15) is 5.82 Å². The second-order valence-electron chi connectivity index (χ2n) is 2.18. The van der Waals surface area contributed by atoms with Crippen LogP contribution in [0, 0.1) is 6.92 Å². The Morgan fingerprint density at radius 3 is 2.67 bits per heavy atom. The van der Waals surface area contributed by atoms with E-state index in [1.165, 1.54) is 0 Å². The van der Waals surface area contributed by atoms with Crippen molar-refractivity contribution in [3.05, 3.63) is 30.2 Å². The van der Waals surface area contributed by atoms with E-state index in [4.69, 9.17) is 0 Å². The molecular formula is C8H11N3S. The lowest BCUT2D eigenvalue weighted by atomic mass is 10.5. The van der Waals surface area contributed by atoms with Crippen molar-refractivity contribution >= 4 is 18.3 Å². The number of thiol groups is 1. The van der Waals surface area contributed by atoms with Crippen LogP contribution in [0.4, 0.5) is 0 Å². The zero-order valence-electron chi connectivity index (χ0n) is 7.10. The van der Waals surface area contributed by atoms with Gasteiger partial charge < -0.3 is 0 Å². The minimum absolute atomic E-state index is 0.903. The summed E-state index contributed by atoms with van der Waals surface area (Å²) in [5.74, 6) is 0.926. The van der Waals surface area contributed by atoms with Gasteiger partial charge in [0.05, 0.1) is 0 Å². The fourth-order valence-corrected chi connectivity index (χ4v) is 0.961. The minimum Gasteiger partial charge on any atom is -0.287 e. The van der Waals surface area contributed by atoms with Crippen LogP contribution in [0.5, 0.6) is 0 Å². The van der Waals surface area contributed by atoms with Gasteiger partial charge in [-0.2, -0.15) is 12.6 Å². The van der Waals surface area contributed by atoms with Crippen LogP contribution >= 0.6 is 12.6 Å². The van der Waals surface area contributed by atoms with Crippen molar-refractivity contribution in [2.75, 3.05) is 6.26 Å². The second kappa shape index (κ2) is 4.11. The van der Waals surface area contributed by atoms with E-state index in [-0.39, 0.29) is 0 Å². The Morgan fingerprint density at radius 1 is 1.25 bits per heavy atom. The van der Waals surface area contributed by atoms with Crippen molar-refractivity contribution in [1.82, 2.24) is 14.6 Å². The predicted molar refractivity (Wildman–Crippen MR) is 52.6 cm³/mol. The standard InChI is InChI=1S/C7H7N3.CH4S/c1-6-8-9-7-4-2-3-5-10(6)7;1-2/h2-5H,1H3;2H,1H3.